The SMILES string of the molecule is O=C(COC(=O)CN1C(=O)[C@@H]2CCCC[C@H]2C1=O)Nc1ccc(F)cc1Cl. The van der Waals surface area contributed by atoms with E-state index in [1.54, 1.807) is 0 Å². The van der Waals surface area contributed by atoms with E-state index in [1.165, 1.54) is 6.07 Å². The van der Waals surface area contributed by atoms with E-state index >= 15 is 0 Å². The zero-order valence-corrected chi connectivity index (χ0v) is 15.1. The minimum atomic E-state index is -0.851. The predicted octanol–water partition coefficient (Wildman–Crippen LogP) is 2.14. The zero-order chi connectivity index (χ0) is 19.6. The van der Waals surface area contributed by atoms with Gasteiger partial charge in [-0.3, -0.25) is 24.1 Å². The summed E-state index contributed by atoms with van der Waals surface area (Å²) in [5.74, 6) is -3.45. The number of carbonyl (C=O) groups excluding carboxylic acids is 4. The lowest BCUT2D eigenvalue weighted by Crippen LogP contribution is -2.37. The molecule has 1 saturated heterocycles. The lowest BCUT2D eigenvalue weighted by molar-refractivity contribution is -0.154. The molecule has 0 bridgehead atoms. The van der Waals surface area contributed by atoms with E-state index < -0.39 is 30.8 Å². The van der Waals surface area contributed by atoms with Crippen LogP contribution in [0.5, 0.6) is 0 Å². The summed E-state index contributed by atoms with van der Waals surface area (Å²) in [5.41, 5.74) is 0.174. The highest BCUT2D eigenvalue weighted by Gasteiger charge is 2.48. The Kier molecular flexibility index (Phi) is 5.74. The first-order valence-corrected chi connectivity index (χ1v) is 9.00. The van der Waals surface area contributed by atoms with Gasteiger partial charge in [0.25, 0.3) is 5.91 Å². The number of fused-ring (bicyclic) bond motifs is 1. The summed E-state index contributed by atoms with van der Waals surface area (Å²) in [7, 11) is 0. The van der Waals surface area contributed by atoms with Gasteiger partial charge in [0.2, 0.25) is 11.8 Å². The van der Waals surface area contributed by atoms with Crippen LogP contribution in [-0.2, 0) is 23.9 Å². The summed E-state index contributed by atoms with van der Waals surface area (Å²) in [4.78, 5) is 49.3. The van der Waals surface area contributed by atoms with Gasteiger partial charge < -0.3 is 10.1 Å². The van der Waals surface area contributed by atoms with Gasteiger partial charge in [-0.2, -0.15) is 0 Å². The molecule has 1 saturated carbocycles. The molecular formula is C18H18ClFN2O5. The number of hydrogen-bond donors (Lipinski definition) is 1. The summed E-state index contributed by atoms with van der Waals surface area (Å²) in [5, 5.41) is 2.39. The van der Waals surface area contributed by atoms with Crippen molar-refractivity contribution < 1.29 is 28.3 Å². The van der Waals surface area contributed by atoms with Crippen molar-refractivity contribution in [3.05, 3.63) is 29.0 Å². The second-order valence-electron chi connectivity index (χ2n) is 6.59. The number of hydrogen-bond acceptors (Lipinski definition) is 5. The number of rotatable bonds is 5. The molecule has 1 aliphatic carbocycles. The maximum atomic E-state index is 13.0. The van der Waals surface area contributed by atoms with Gasteiger partial charge >= 0.3 is 5.97 Å². The maximum Gasteiger partial charge on any atom is 0.326 e. The average Bonchev–Trinajstić information content (AvgIpc) is 2.88. The first-order chi connectivity index (χ1) is 12.9. The lowest BCUT2D eigenvalue weighted by Gasteiger charge is -2.19. The van der Waals surface area contributed by atoms with Crippen LogP contribution < -0.4 is 5.32 Å². The van der Waals surface area contributed by atoms with Crippen molar-refractivity contribution in [2.45, 2.75) is 25.7 Å². The topological polar surface area (TPSA) is 92.8 Å². The van der Waals surface area contributed by atoms with Gasteiger partial charge in [-0.15, -0.1) is 0 Å². The van der Waals surface area contributed by atoms with Gasteiger partial charge in [0, 0.05) is 0 Å². The largest absolute Gasteiger partial charge is 0.454 e. The van der Waals surface area contributed by atoms with E-state index in [1.807, 2.05) is 0 Å². The van der Waals surface area contributed by atoms with Crippen molar-refractivity contribution in [1.29, 1.82) is 0 Å². The number of ether oxygens (including phenoxy) is 1. The van der Waals surface area contributed by atoms with E-state index in [4.69, 9.17) is 16.3 Å². The standard InChI is InChI=1S/C18H18ClFN2O5/c19-13-7-10(20)5-6-14(13)21-15(23)9-27-16(24)8-22-17(25)11-3-1-2-4-12(11)18(22)26/h5-7,11-12H,1-4,8-9H2,(H,21,23)/t11-,12-/m1/s1. The third-order valence-electron chi connectivity index (χ3n) is 4.79. The zero-order valence-electron chi connectivity index (χ0n) is 14.4. The molecule has 2 atom stereocenters. The highest BCUT2D eigenvalue weighted by Crippen LogP contribution is 2.37. The number of halogens is 2. The van der Waals surface area contributed by atoms with Crippen molar-refractivity contribution in [3.8, 4) is 0 Å². The molecule has 2 aliphatic rings. The second kappa shape index (κ2) is 8.04. The quantitative estimate of drug-likeness (QED) is 0.608. The van der Waals surface area contributed by atoms with Crippen LogP contribution in [0, 0.1) is 17.7 Å². The molecule has 2 fully saturated rings. The molecule has 9 heteroatoms. The molecule has 1 aliphatic heterocycles. The molecule has 1 aromatic carbocycles. The van der Waals surface area contributed by atoms with Crippen LogP contribution in [-0.4, -0.2) is 41.7 Å². The summed E-state index contributed by atoms with van der Waals surface area (Å²) >= 11 is 5.80. The number of imide groups is 1. The van der Waals surface area contributed by atoms with Gasteiger partial charge in [0.1, 0.15) is 12.4 Å². The van der Waals surface area contributed by atoms with Crippen molar-refractivity contribution in [3.63, 3.8) is 0 Å². The molecule has 0 radical (unpaired) electrons. The number of esters is 1. The van der Waals surface area contributed by atoms with Gasteiger partial charge in [-0.25, -0.2) is 4.39 Å². The summed E-state index contributed by atoms with van der Waals surface area (Å²) < 4.78 is 17.8. The Bertz CT molecular complexity index is 776. The molecule has 0 spiro atoms. The Morgan fingerprint density at radius 2 is 1.81 bits per heavy atom. The number of nitrogens with zero attached hydrogens (tertiary/aromatic N) is 1. The van der Waals surface area contributed by atoms with Crippen molar-refractivity contribution in [2.24, 2.45) is 11.8 Å². The van der Waals surface area contributed by atoms with Crippen LogP contribution in [0.25, 0.3) is 0 Å². The minimum Gasteiger partial charge on any atom is -0.454 e. The van der Waals surface area contributed by atoms with Crippen LogP contribution in [0.3, 0.4) is 0 Å². The fraction of sp³-hybridized carbons (Fsp3) is 0.444. The second-order valence-corrected chi connectivity index (χ2v) is 7.00. The number of amides is 3. The van der Waals surface area contributed by atoms with Crippen LogP contribution >= 0.6 is 11.6 Å². The molecule has 3 rings (SSSR count). The number of carbonyl (C=O) groups is 4. The average molecular weight is 397 g/mol. The van der Waals surface area contributed by atoms with Gasteiger partial charge in [0.15, 0.2) is 6.61 Å². The van der Waals surface area contributed by atoms with Gasteiger partial charge in [0.05, 0.1) is 22.5 Å². The molecule has 1 heterocycles. The number of anilines is 1. The first-order valence-electron chi connectivity index (χ1n) is 8.62. The molecule has 0 unspecified atom stereocenters. The minimum absolute atomic E-state index is 0.00513. The van der Waals surface area contributed by atoms with Crippen molar-refractivity contribution in [1.82, 2.24) is 4.90 Å². The molecule has 27 heavy (non-hydrogen) atoms. The Hall–Kier alpha value is -2.48. The monoisotopic (exact) mass is 396 g/mol. The molecule has 1 aromatic rings. The third-order valence-corrected chi connectivity index (χ3v) is 5.10. The third kappa shape index (κ3) is 4.27. The summed E-state index contributed by atoms with van der Waals surface area (Å²) in [6.07, 6.45) is 3.10. The highest BCUT2D eigenvalue weighted by molar-refractivity contribution is 6.33. The Morgan fingerprint density at radius 3 is 2.41 bits per heavy atom. The van der Waals surface area contributed by atoms with E-state index in [2.05, 4.69) is 5.32 Å². The van der Waals surface area contributed by atoms with Gasteiger partial charge in [-0.05, 0) is 31.0 Å². The lowest BCUT2D eigenvalue weighted by atomic mass is 9.81. The fourth-order valence-electron chi connectivity index (χ4n) is 3.48. The normalized spacial score (nSPS) is 21.8. The molecule has 0 aromatic heterocycles. The van der Waals surface area contributed by atoms with Crippen LogP contribution in [0.1, 0.15) is 25.7 Å². The van der Waals surface area contributed by atoms with Gasteiger partial charge in [-0.1, -0.05) is 24.4 Å². The van der Waals surface area contributed by atoms with E-state index in [0.29, 0.717) is 12.8 Å². The van der Waals surface area contributed by atoms with Crippen molar-refractivity contribution in [2.75, 3.05) is 18.5 Å². The molecule has 144 valence electrons. The smallest absolute Gasteiger partial charge is 0.326 e. The van der Waals surface area contributed by atoms with E-state index in [9.17, 15) is 23.6 Å². The van der Waals surface area contributed by atoms with E-state index in [0.717, 1.165) is 29.9 Å². The van der Waals surface area contributed by atoms with Crippen LogP contribution in [0.15, 0.2) is 18.2 Å². The van der Waals surface area contributed by atoms with Crippen molar-refractivity contribution >= 4 is 41.0 Å². The van der Waals surface area contributed by atoms with Crippen LogP contribution in [0.2, 0.25) is 5.02 Å². The molecule has 3 amide bonds. The first kappa shape index (κ1) is 19.3. The number of benzene rings is 1. The van der Waals surface area contributed by atoms with Crippen LogP contribution in [0.4, 0.5) is 10.1 Å². The molecular weight excluding hydrogens is 379 g/mol. The Labute approximate surface area is 159 Å². The number of nitrogens with one attached hydrogen (secondary N) is 1. The summed E-state index contributed by atoms with van der Waals surface area (Å²) in [6.45, 7) is -1.12. The fourth-order valence-corrected chi connectivity index (χ4v) is 3.70. The summed E-state index contributed by atoms with van der Waals surface area (Å²) in [6, 6.07) is 3.44. The predicted molar refractivity (Wildman–Crippen MR) is 93.2 cm³/mol. The van der Waals surface area contributed by atoms with E-state index in [-0.39, 0.29) is 34.4 Å². The Morgan fingerprint density at radius 1 is 1.19 bits per heavy atom. The maximum absolute atomic E-state index is 13.0. The Balaban J connectivity index is 1.50. The number of likely N-dealkylation sites (tertiary alicyclic amines) is 1. The highest BCUT2D eigenvalue weighted by atomic mass is 35.5. The molecule has 1 N–H and O–H groups in total. The molecule has 7 nitrogen and oxygen atoms in total.